The van der Waals surface area contributed by atoms with Crippen LogP contribution in [0.5, 0.6) is 0 Å². The Bertz CT molecular complexity index is 733. The largest absolute Gasteiger partial charge is 0.454 e. The third-order valence-corrected chi connectivity index (χ3v) is 3.20. The minimum Gasteiger partial charge on any atom is -0.454 e. The van der Waals surface area contributed by atoms with Crippen LogP contribution in [-0.2, 0) is 20.9 Å². The Morgan fingerprint density at radius 3 is 2.28 bits per heavy atom. The molecule has 0 spiro atoms. The van der Waals surface area contributed by atoms with E-state index in [2.05, 4.69) is 10.6 Å². The van der Waals surface area contributed by atoms with E-state index in [1.54, 1.807) is 42.5 Å². The molecule has 130 valence electrons. The predicted molar refractivity (Wildman–Crippen MR) is 88.0 cm³/mol. The molecule has 6 nitrogen and oxygen atoms in total. The average molecular weight is 344 g/mol. The molecule has 0 unspecified atom stereocenters. The smallest absolute Gasteiger partial charge is 0.325 e. The normalized spacial score (nSPS) is 9.96. The third kappa shape index (κ3) is 6.42. The average Bonchev–Trinajstić information content (AvgIpc) is 2.64. The number of halogens is 1. The molecule has 0 aromatic heterocycles. The number of hydrogen-bond acceptors (Lipinski definition) is 4. The van der Waals surface area contributed by atoms with Crippen molar-refractivity contribution in [1.82, 2.24) is 10.6 Å². The summed E-state index contributed by atoms with van der Waals surface area (Å²) in [6, 6.07) is 14.1. The topological polar surface area (TPSA) is 84.5 Å². The molecular formula is C18H17FN2O4. The number of rotatable bonds is 7. The number of nitrogens with one attached hydrogen (secondary N) is 2. The molecule has 0 aliphatic carbocycles. The zero-order valence-corrected chi connectivity index (χ0v) is 13.3. The van der Waals surface area contributed by atoms with Crippen LogP contribution >= 0.6 is 0 Å². The summed E-state index contributed by atoms with van der Waals surface area (Å²) in [7, 11) is 0. The summed E-state index contributed by atoms with van der Waals surface area (Å²) in [5, 5.41) is 4.94. The van der Waals surface area contributed by atoms with Crippen LogP contribution in [0.3, 0.4) is 0 Å². The maximum atomic E-state index is 12.8. The van der Waals surface area contributed by atoms with Gasteiger partial charge in [-0.15, -0.1) is 0 Å². The first-order chi connectivity index (χ1) is 12.0. The quantitative estimate of drug-likeness (QED) is 0.744. The van der Waals surface area contributed by atoms with E-state index in [9.17, 15) is 18.8 Å². The van der Waals surface area contributed by atoms with Crippen LogP contribution in [0.25, 0.3) is 0 Å². The van der Waals surface area contributed by atoms with Crippen molar-refractivity contribution in [3.8, 4) is 0 Å². The monoisotopic (exact) mass is 344 g/mol. The van der Waals surface area contributed by atoms with E-state index in [1.165, 1.54) is 12.1 Å². The van der Waals surface area contributed by atoms with Crippen molar-refractivity contribution in [2.75, 3.05) is 13.2 Å². The van der Waals surface area contributed by atoms with E-state index in [0.29, 0.717) is 5.56 Å². The molecular weight excluding hydrogens is 327 g/mol. The molecule has 0 radical (unpaired) electrons. The van der Waals surface area contributed by atoms with Crippen LogP contribution in [0.4, 0.5) is 4.39 Å². The van der Waals surface area contributed by atoms with Crippen molar-refractivity contribution < 1.29 is 23.5 Å². The number of amides is 2. The number of benzene rings is 2. The second-order valence-electron chi connectivity index (χ2n) is 5.11. The molecule has 2 N–H and O–H groups in total. The first-order valence-corrected chi connectivity index (χ1v) is 7.54. The number of carbonyl (C=O) groups excluding carboxylic acids is 3. The van der Waals surface area contributed by atoms with Gasteiger partial charge in [-0.3, -0.25) is 14.4 Å². The Hall–Kier alpha value is -3.22. The van der Waals surface area contributed by atoms with Gasteiger partial charge in [-0.1, -0.05) is 30.3 Å². The van der Waals surface area contributed by atoms with Crippen LogP contribution in [0.2, 0.25) is 0 Å². The van der Waals surface area contributed by atoms with E-state index >= 15 is 0 Å². The van der Waals surface area contributed by atoms with E-state index in [0.717, 1.165) is 5.56 Å². The Kier molecular flexibility index (Phi) is 6.65. The summed E-state index contributed by atoms with van der Waals surface area (Å²) in [6.07, 6.45) is 0. The highest BCUT2D eigenvalue weighted by Crippen LogP contribution is 2.02. The molecule has 7 heteroatoms. The lowest BCUT2D eigenvalue weighted by Gasteiger charge is -2.08. The molecule has 25 heavy (non-hydrogen) atoms. The van der Waals surface area contributed by atoms with Crippen molar-refractivity contribution in [2.24, 2.45) is 0 Å². The predicted octanol–water partition coefficient (Wildman–Crippen LogP) is 1.42. The molecule has 2 aromatic carbocycles. The Morgan fingerprint density at radius 1 is 0.920 bits per heavy atom. The van der Waals surface area contributed by atoms with Crippen molar-refractivity contribution in [2.45, 2.75) is 6.54 Å². The van der Waals surface area contributed by atoms with E-state index in [-0.39, 0.29) is 18.9 Å². The van der Waals surface area contributed by atoms with Gasteiger partial charge >= 0.3 is 5.97 Å². The summed E-state index contributed by atoms with van der Waals surface area (Å²) in [6.45, 7) is -0.596. The van der Waals surface area contributed by atoms with Gasteiger partial charge in [-0.2, -0.15) is 0 Å². The highest BCUT2D eigenvalue weighted by atomic mass is 19.1. The van der Waals surface area contributed by atoms with Gasteiger partial charge in [0.2, 0.25) is 0 Å². The minimum atomic E-state index is -0.721. The Labute approximate surface area is 144 Å². The summed E-state index contributed by atoms with van der Waals surface area (Å²) in [5.74, 6) is -1.98. The number of ether oxygens (including phenoxy) is 1. The lowest BCUT2D eigenvalue weighted by atomic mass is 10.2. The van der Waals surface area contributed by atoms with Crippen molar-refractivity contribution >= 4 is 17.8 Å². The highest BCUT2D eigenvalue weighted by molar-refractivity contribution is 5.96. The van der Waals surface area contributed by atoms with Crippen molar-refractivity contribution in [3.63, 3.8) is 0 Å². The maximum absolute atomic E-state index is 12.8. The van der Waals surface area contributed by atoms with Crippen LogP contribution < -0.4 is 10.6 Å². The SMILES string of the molecule is O=C(COC(=O)CNC(=O)c1ccccc1)NCc1ccc(F)cc1. The molecule has 0 aliphatic heterocycles. The lowest BCUT2D eigenvalue weighted by molar-refractivity contribution is -0.147. The van der Waals surface area contributed by atoms with Gasteiger partial charge in [0.05, 0.1) is 0 Å². The molecule has 0 saturated heterocycles. The molecule has 2 aromatic rings. The summed E-state index contributed by atoms with van der Waals surface area (Å²) >= 11 is 0. The molecule has 0 heterocycles. The Balaban J connectivity index is 1.64. The van der Waals surface area contributed by atoms with Gasteiger partial charge in [-0.25, -0.2) is 4.39 Å². The molecule has 2 rings (SSSR count). The minimum absolute atomic E-state index is 0.196. The molecule has 0 atom stereocenters. The summed E-state index contributed by atoms with van der Waals surface area (Å²) in [5.41, 5.74) is 1.14. The fraction of sp³-hybridized carbons (Fsp3) is 0.167. The fourth-order valence-electron chi connectivity index (χ4n) is 1.90. The zero-order chi connectivity index (χ0) is 18.1. The Morgan fingerprint density at radius 2 is 1.60 bits per heavy atom. The summed E-state index contributed by atoms with van der Waals surface area (Å²) < 4.78 is 17.5. The maximum Gasteiger partial charge on any atom is 0.325 e. The highest BCUT2D eigenvalue weighted by Gasteiger charge is 2.10. The van der Waals surface area contributed by atoms with E-state index < -0.39 is 24.4 Å². The molecule has 0 fully saturated rings. The summed E-state index contributed by atoms with van der Waals surface area (Å²) in [4.78, 5) is 34.9. The van der Waals surface area contributed by atoms with Gasteiger partial charge in [-0.05, 0) is 29.8 Å². The number of esters is 1. The third-order valence-electron chi connectivity index (χ3n) is 3.20. The standard InChI is InChI=1S/C18H17FN2O4/c19-15-8-6-13(7-9-15)10-20-16(22)12-25-17(23)11-21-18(24)14-4-2-1-3-5-14/h1-9H,10-12H2,(H,20,22)(H,21,24). The van der Waals surface area contributed by atoms with Gasteiger partial charge in [0.1, 0.15) is 12.4 Å². The second-order valence-corrected chi connectivity index (χ2v) is 5.11. The van der Waals surface area contributed by atoms with Crippen LogP contribution in [0.15, 0.2) is 54.6 Å². The molecule has 0 aliphatic rings. The molecule has 0 bridgehead atoms. The van der Waals surface area contributed by atoms with Gasteiger partial charge in [0.25, 0.3) is 11.8 Å². The van der Waals surface area contributed by atoms with Gasteiger partial charge in [0, 0.05) is 12.1 Å². The van der Waals surface area contributed by atoms with Crippen molar-refractivity contribution in [3.05, 3.63) is 71.5 Å². The second kappa shape index (κ2) is 9.17. The van der Waals surface area contributed by atoms with Gasteiger partial charge < -0.3 is 15.4 Å². The van der Waals surface area contributed by atoms with E-state index in [1.807, 2.05) is 0 Å². The zero-order valence-electron chi connectivity index (χ0n) is 13.3. The number of carbonyl (C=O) groups is 3. The van der Waals surface area contributed by atoms with Gasteiger partial charge in [0.15, 0.2) is 6.61 Å². The lowest BCUT2D eigenvalue weighted by Crippen LogP contribution is -2.33. The molecule has 2 amide bonds. The van der Waals surface area contributed by atoms with Crippen molar-refractivity contribution in [1.29, 1.82) is 0 Å². The fourth-order valence-corrected chi connectivity index (χ4v) is 1.90. The first-order valence-electron chi connectivity index (χ1n) is 7.54. The van der Waals surface area contributed by atoms with E-state index in [4.69, 9.17) is 4.74 Å². The number of hydrogen-bond donors (Lipinski definition) is 2. The first kappa shape index (κ1) is 18.1. The van der Waals surface area contributed by atoms with Crippen LogP contribution in [0.1, 0.15) is 15.9 Å². The van der Waals surface area contributed by atoms with Crippen LogP contribution in [0, 0.1) is 5.82 Å². The molecule has 0 saturated carbocycles. The van der Waals surface area contributed by atoms with Crippen LogP contribution in [-0.4, -0.2) is 30.9 Å².